The molecule has 166 valence electrons. The van der Waals surface area contributed by atoms with E-state index >= 15 is 0 Å². The average Bonchev–Trinajstić information content (AvgIpc) is 2.80. The van der Waals surface area contributed by atoms with E-state index in [0.717, 1.165) is 11.4 Å². The maximum Gasteiger partial charge on any atom is 0.306 e. The van der Waals surface area contributed by atoms with Crippen molar-refractivity contribution in [3.63, 3.8) is 0 Å². The van der Waals surface area contributed by atoms with Crippen molar-refractivity contribution in [1.29, 1.82) is 0 Å². The van der Waals surface area contributed by atoms with Crippen LogP contribution in [-0.2, 0) is 11.2 Å². The van der Waals surface area contributed by atoms with Crippen LogP contribution in [0.2, 0.25) is 10.0 Å². The molecule has 1 amide bonds. The van der Waals surface area contributed by atoms with Crippen LogP contribution in [0.1, 0.15) is 28.8 Å². The zero-order chi connectivity index (χ0) is 22.7. The SMILES string of the molecule is O=C(NCCc1ccc(Cl)cc1)c1c(Cl)ccc2nc(N3CCC(C(=O)O)CC3)ccc12. The molecule has 1 aliphatic rings. The van der Waals surface area contributed by atoms with Crippen molar-refractivity contribution in [1.82, 2.24) is 10.3 Å². The summed E-state index contributed by atoms with van der Waals surface area (Å²) in [4.78, 5) is 30.9. The summed E-state index contributed by atoms with van der Waals surface area (Å²) in [5.74, 6) is -0.504. The number of aliphatic carboxylic acids is 1. The van der Waals surface area contributed by atoms with Gasteiger partial charge in [0.15, 0.2) is 0 Å². The Morgan fingerprint density at radius 1 is 1.03 bits per heavy atom. The second-order valence-electron chi connectivity index (χ2n) is 7.89. The van der Waals surface area contributed by atoms with Crippen LogP contribution in [0, 0.1) is 5.92 Å². The summed E-state index contributed by atoms with van der Waals surface area (Å²) in [6.45, 7) is 1.75. The van der Waals surface area contributed by atoms with Crippen LogP contribution in [0.4, 0.5) is 5.82 Å². The molecular formula is C24H23Cl2N3O3. The van der Waals surface area contributed by atoms with Gasteiger partial charge in [0.25, 0.3) is 5.91 Å². The number of hydrogen-bond acceptors (Lipinski definition) is 4. The highest BCUT2D eigenvalue weighted by Crippen LogP contribution is 2.29. The zero-order valence-electron chi connectivity index (χ0n) is 17.4. The molecule has 8 heteroatoms. The molecule has 2 aromatic carbocycles. The molecule has 1 fully saturated rings. The Morgan fingerprint density at radius 2 is 1.75 bits per heavy atom. The Labute approximate surface area is 196 Å². The van der Waals surface area contributed by atoms with Crippen LogP contribution in [-0.4, -0.2) is 41.6 Å². The summed E-state index contributed by atoms with van der Waals surface area (Å²) in [6, 6.07) is 14.7. The van der Waals surface area contributed by atoms with Gasteiger partial charge in [0.1, 0.15) is 5.82 Å². The van der Waals surface area contributed by atoms with Crippen LogP contribution < -0.4 is 10.2 Å². The number of piperidine rings is 1. The molecule has 0 saturated carbocycles. The van der Waals surface area contributed by atoms with Crippen molar-refractivity contribution in [2.75, 3.05) is 24.5 Å². The molecule has 0 atom stereocenters. The van der Waals surface area contributed by atoms with E-state index in [2.05, 4.69) is 10.2 Å². The number of hydrogen-bond donors (Lipinski definition) is 2. The Bertz CT molecular complexity index is 1140. The summed E-state index contributed by atoms with van der Waals surface area (Å²) in [6.07, 6.45) is 1.87. The highest BCUT2D eigenvalue weighted by Gasteiger charge is 2.25. The molecule has 32 heavy (non-hydrogen) atoms. The van der Waals surface area contributed by atoms with Crippen molar-refractivity contribution in [2.45, 2.75) is 19.3 Å². The predicted octanol–water partition coefficient (Wildman–Crippen LogP) is 4.82. The quantitative estimate of drug-likeness (QED) is 0.538. The topological polar surface area (TPSA) is 82.5 Å². The predicted molar refractivity (Wildman–Crippen MR) is 127 cm³/mol. The summed E-state index contributed by atoms with van der Waals surface area (Å²) in [5, 5.41) is 13.9. The molecule has 6 nitrogen and oxygen atoms in total. The van der Waals surface area contributed by atoms with Crippen LogP contribution in [0.3, 0.4) is 0 Å². The number of carboxylic acids is 1. The van der Waals surface area contributed by atoms with Gasteiger partial charge in [0, 0.05) is 30.0 Å². The standard InChI is InChI=1S/C24H23Cl2N3O3/c25-17-3-1-15(2-4-17)9-12-27-23(30)22-18-5-8-21(28-20(18)7-6-19(22)26)29-13-10-16(11-14-29)24(31)32/h1-8,16H,9-14H2,(H,27,30)(H,31,32). The number of nitrogens with zero attached hydrogens (tertiary/aromatic N) is 2. The van der Waals surface area contributed by atoms with Gasteiger partial charge in [-0.25, -0.2) is 4.98 Å². The van der Waals surface area contributed by atoms with Gasteiger partial charge in [0.05, 0.1) is 22.0 Å². The fraction of sp³-hybridized carbons (Fsp3) is 0.292. The van der Waals surface area contributed by atoms with Crippen molar-refractivity contribution in [3.8, 4) is 0 Å². The average molecular weight is 472 g/mol. The van der Waals surface area contributed by atoms with Crippen molar-refractivity contribution >= 4 is 51.8 Å². The van der Waals surface area contributed by atoms with Crippen molar-refractivity contribution < 1.29 is 14.7 Å². The second-order valence-corrected chi connectivity index (χ2v) is 8.73. The van der Waals surface area contributed by atoms with Gasteiger partial charge < -0.3 is 15.3 Å². The molecule has 1 aliphatic heterocycles. The van der Waals surface area contributed by atoms with Gasteiger partial charge >= 0.3 is 5.97 Å². The lowest BCUT2D eigenvalue weighted by molar-refractivity contribution is -0.142. The Kier molecular flexibility index (Phi) is 6.82. The molecule has 3 aromatic rings. The monoisotopic (exact) mass is 471 g/mol. The number of rotatable bonds is 6. The second kappa shape index (κ2) is 9.76. The van der Waals surface area contributed by atoms with Crippen molar-refractivity contribution in [2.24, 2.45) is 5.92 Å². The van der Waals surface area contributed by atoms with Gasteiger partial charge in [0.2, 0.25) is 0 Å². The van der Waals surface area contributed by atoms with E-state index in [1.165, 1.54) is 0 Å². The van der Waals surface area contributed by atoms with E-state index in [1.807, 2.05) is 36.4 Å². The summed E-state index contributed by atoms with van der Waals surface area (Å²) < 4.78 is 0. The molecule has 1 saturated heterocycles. The van der Waals surface area contributed by atoms with E-state index in [-0.39, 0.29) is 11.8 Å². The first-order valence-corrected chi connectivity index (χ1v) is 11.3. The van der Waals surface area contributed by atoms with E-state index in [1.54, 1.807) is 12.1 Å². The summed E-state index contributed by atoms with van der Waals surface area (Å²) >= 11 is 12.3. The highest BCUT2D eigenvalue weighted by atomic mass is 35.5. The van der Waals surface area contributed by atoms with E-state index < -0.39 is 5.97 Å². The van der Waals surface area contributed by atoms with Crippen LogP contribution in [0.5, 0.6) is 0 Å². The van der Waals surface area contributed by atoms with Gasteiger partial charge in [-0.05, 0) is 61.2 Å². The summed E-state index contributed by atoms with van der Waals surface area (Å²) in [5.41, 5.74) is 2.16. The third-order valence-corrected chi connectivity index (χ3v) is 6.38. The molecule has 0 radical (unpaired) electrons. The lowest BCUT2D eigenvalue weighted by Gasteiger charge is -2.31. The number of pyridine rings is 1. The Morgan fingerprint density at radius 3 is 2.44 bits per heavy atom. The number of carboxylic acid groups (broad SMARTS) is 1. The number of nitrogens with one attached hydrogen (secondary N) is 1. The number of amides is 1. The maximum atomic E-state index is 12.9. The fourth-order valence-corrected chi connectivity index (χ4v) is 4.37. The zero-order valence-corrected chi connectivity index (χ0v) is 18.9. The van der Waals surface area contributed by atoms with Crippen molar-refractivity contribution in [3.05, 3.63) is 69.7 Å². The molecule has 0 unspecified atom stereocenters. The minimum atomic E-state index is -0.738. The van der Waals surface area contributed by atoms with Gasteiger partial charge in [-0.2, -0.15) is 0 Å². The minimum absolute atomic E-state index is 0.244. The number of fused-ring (bicyclic) bond motifs is 1. The largest absolute Gasteiger partial charge is 0.481 e. The van der Waals surface area contributed by atoms with E-state index in [0.29, 0.717) is 65.4 Å². The van der Waals surface area contributed by atoms with Crippen LogP contribution in [0.15, 0.2) is 48.5 Å². The molecule has 4 rings (SSSR count). The minimum Gasteiger partial charge on any atom is -0.481 e. The normalized spacial score (nSPS) is 14.5. The molecule has 2 heterocycles. The first-order chi connectivity index (χ1) is 15.4. The molecule has 0 bridgehead atoms. The lowest BCUT2D eigenvalue weighted by atomic mass is 9.97. The van der Waals surface area contributed by atoms with Gasteiger partial charge in [-0.3, -0.25) is 9.59 Å². The number of anilines is 1. The first-order valence-electron chi connectivity index (χ1n) is 10.5. The Balaban J connectivity index is 1.48. The number of carbonyl (C=O) groups is 2. The highest BCUT2D eigenvalue weighted by molar-refractivity contribution is 6.35. The summed E-state index contributed by atoms with van der Waals surface area (Å²) in [7, 11) is 0. The van der Waals surface area contributed by atoms with Gasteiger partial charge in [-0.15, -0.1) is 0 Å². The van der Waals surface area contributed by atoms with E-state index in [9.17, 15) is 14.7 Å². The maximum absolute atomic E-state index is 12.9. The van der Waals surface area contributed by atoms with Crippen LogP contribution >= 0.6 is 23.2 Å². The van der Waals surface area contributed by atoms with Crippen LogP contribution in [0.25, 0.3) is 10.9 Å². The smallest absolute Gasteiger partial charge is 0.306 e. The number of halogens is 2. The molecular weight excluding hydrogens is 449 g/mol. The molecule has 1 aromatic heterocycles. The molecule has 0 spiro atoms. The number of benzene rings is 2. The molecule has 0 aliphatic carbocycles. The third-order valence-electron chi connectivity index (χ3n) is 5.81. The molecule has 2 N–H and O–H groups in total. The Hall–Kier alpha value is -2.83. The first kappa shape index (κ1) is 22.4. The number of carbonyl (C=O) groups excluding carboxylic acids is 1. The lowest BCUT2D eigenvalue weighted by Crippen LogP contribution is -2.36. The van der Waals surface area contributed by atoms with Gasteiger partial charge in [-0.1, -0.05) is 35.3 Å². The van der Waals surface area contributed by atoms with E-state index in [4.69, 9.17) is 28.2 Å². The fourth-order valence-electron chi connectivity index (χ4n) is 3.99. The third kappa shape index (κ3) is 4.97. The number of aromatic nitrogens is 1.